The number of carbonyl (C=O) groups is 2. The van der Waals surface area contributed by atoms with Gasteiger partial charge in [-0.3, -0.25) is 14.9 Å². The molecule has 0 saturated heterocycles. The molecule has 3 rings (SSSR count). The number of nitrogens with zero attached hydrogens (tertiary/aromatic N) is 3. The summed E-state index contributed by atoms with van der Waals surface area (Å²) in [5.41, 5.74) is 1.78. The van der Waals surface area contributed by atoms with Crippen molar-refractivity contribution in [2.75, 3.05) is 11.9 Å². The summed E-state index contributed by atoms with van der Waals surface area (Å²) >= 11 is 7.33. The number of nitrogens with one attached hydrogen (secondary N) is 1. The number of aryl methyl sites for hydroxylation is 1. The fourth-order valence-corrected chi connectivity index (χ4v) is 3.26. The van der Waals surface area contributed by atoms with E-state index < -0.39 is 5.91 Å². The summed E-state index contributed by atoms with van der Waals surface area (Å²) in [5.74, 6) is -0.220. The number of esters is 1. The zero-order valence-electron chi connectivity index (χ0n) is 15.8. The van der Waals surface area contributed by atoms with Gasteiger partial charge in [0.15, 0.2) is 17.6 Å². The number of hydrogen-bond donors (Lipinski definition) is 1. The fourth-order valence-electron chi connectivity index (χ4n) is 2.38. The Kier molecular flexibility index (Phi) is 6.84. The minimum atomic E-state index is -0.408. The van der Waals surface area contributed by atoms with Crippen molar-refractivity contribution in [3.63, 3.8) is 0 Å². The summed E-state index contributed by atoms with van der Waals surface area (Å²) in [7, 11) is 0. The van der Waals surface area contributed by atoms with Crippen LogP contribution in [-0.2, 0) is 22.7 Å². The molecule has 0 radical (unpaired) electrons. The van der Waals surface area contributed by atoms with E-state index in [0.717, 1.165) is 5.56 Å². The van der Waals surface area contributed by atoms with E-state index in [2.05, 4.69) is 15.4 Å². The Morgan fingerprint density at radius 2 is 2.14 bits per heavy atom. The first-order valence-corrected chi connectivity index (χ1v) is 10.0. The molecule has 0 unspecified atom stereocenters. The third-order valence-electron chi connectivity index (χ3n) is 3.72. The van der Waals surface area contributed by atoms with Crippen molar-refractivity contribution in [1.29, 1.82) is 0 Å². The van der Waals surface area contributed by atoms with E-state index in [4.69, 9.17) is 21.1 Å². The molecule has 8 nitrogen and oxygen atoms in total. The maximum absolute atomic E-state index is 12.4. The number of benzene rings is 1. The van der Waals surface area contributed by atoms with Crippen LogP contribution in [0.2, 0.25) is 5.02 Å². The number of rotatable bonds is 8. The van der Waals surface area contributed by atoms with Crippen molar-refractivity contribution in [2.24, 2.45) is 0 Å². The Hall–Kier alpha value is -2.91. The third kappa shape index (κ3) is 5.78. The van der Waals surface area contributed by atoms with Crippen LogP contribution in [0.5, 0.6) is 5.75 Å². The van der Waals surface area contributed by atoms with Crippen LogP contribution in [0.3, 0.4) is 0 Å². The molecule has 0 aliphatic carbocycles. The van der Waals surface area contributed by atoms with Gasteiger partial charge < -0.3 is 9.47 Å². The molecular formula is C19H19ClN4O4S. The SMILES string of the molecule is CCOC(=O)Cc1csc(NC(=O)c2ccn(COc3cc(C)ccc3Cl)n2)n1. The Morgan fingerprint density at radius 1 is 1.31 bits per heavy atom. The Balaban J connectivity index is 1.56. The Labute approximate surface area is 176 Å². The number of ether oxygens (including phenoxy) is 2. The molecule has 0 aliphatic heterocycles. The predicted octanol–water partition coefficient (Wildman–Crippen LogP) is 3.70. The third-order valence-corrected chi connectivity index (χ3v) is 4.83. The number of aromatic nitrogens is 3. The van der Waals surface area contributed by atoms with E-state index in [-0.39, 0.29) is 24.8 Å². The van der Waals surface area contributed by atoms with Crippen LogP contribution in [0.15, 0.2) is 35.8 Å². The molecule has 0 fully saturated rings. The number of hydrogen-bond acceptors (Lipinski definition) is 7. The van der Waals surface area contributed by atoms with Gasteiger partial charge in [-0.15, -0.1) is 11.3 Å². The number of thiazole rings is 1. The second kappa shape index (κ2) is 9.53. The van der Waals surface area contributed by atoms with E-state index in [9.17, 15) is 9.59 Å². The molecule has 0 aliphatic rings. The highest BCUT2D eigenvalue weighted by Gasteiger charge is 2.14. The van der Waals surface area contributed by atoms with Crippen molar-refractivity contribution in [3.05, 3.63) is 57.8 Å². The van der Waals surface area contributed by atoms with Crippen molar-refractivity contribution in [2.45, 2.75) is 27.0 Å². The highest BCUT2D eigenvalue weighted by molar-refractivity contribution is 7.14. The van der Waals surface area contributed by atoms with Crippen LogP contribution in [0.4, 0.5) is 5.13 Å². The van der Waals surface area contributed by atoms with Gasteiger partial charge in [-0.25, -0.2) is 9.67 Å². The summed E-state index contributed by atoms with van der Waals surface area (Å²) in [4.78, 5) is 28.1. The van der Waals surface area contributed by atoms with Crippen LogP contribution in [0.25, 0.3) is 0 Å². The monoisotopic (exact) mass is 434 g/mol. The van der Waals surface area contributed by atoms with Gasteiger partial charge in [0.25, 0.3) is 5.91 Å². The van der Waals surface area contributed by atoms with E-state index in [1.165, 1.54) is 16.0 Å². The van der Waals surface area contributed by atoms with E-state index in [1.54, 1.807) is 30.6 Å². The molecule has 3 aromatic rings. The molecule has 0 atom stereocenters. The topological polar surface area (TPSA) is 95.3 Å². The lowest BCUT2D eigenvalue weighted by Gasteiger charge is -2.08. The molecule has 0 saturated carbocycles. The molecule has 1 aromatic carbocycles. The zero-order valence-corrected chi connectivity index (χ0v) is 17.4. The van der Waals surface area contributed by atoms with Crippen molar-refractivity contribution >= 4 is 39.9 Å². The fraction of sp³-hybridized carbons (Fsp3) is 0.263. The lowest BCUT2D eigenvalue weighted by Crippen LogP contribution is -2.14. The van der Waals surface area contributed by atoms with Gasteiger partial charge in [0.2, 0.25) is 0 Å². The zero-order chi connectivity index (χ0) is 20.8. The van der Waals surface area contributed by atoms with Crippen molar-refractivity contribution in [3.8, 4) is 5.75 Å². The lowest BCUT2D eigenvalue weighted by atomic mass is 10.2. The Bertz CT molecular complexity index is 1020. The Morgan fingerprint density at radius 3 is 2.93 bits per heavy atom. The average Bonchev–Trinajstić information content (AvgIpc) is 3.32. The molecule has 29 heavy (non-hydrogen) atoms. The lowest BCUT2D eigenvalue weighted by molar-refractivity contribution is -0.142. The standard InChI is InChI=1S/C19H19ClN4O4S/c1-3-27-17(25)9-13-10-29-19(21-13)22-18(26)15-6-7-24(23-15)11-28-16-8-12(2)4-5-14(16)20/h4-8,10H,3,9,11H2,1-2H3,(H,21,22,26). The van der Waals surface area contributed by atoms with Gasteiger partial charge in [0, 0.05) is 11.6 Å². The molecule has 2 heterocycles. The van der Waals surface area contributed by atoms with Crippen LogP contribution in [-0.4, -0.2) is 33.2 Å². The number of amides is 1. The highest BCUT2D eigenvalue weighted by atomic mass is 35.5. The molecule has 10 heteroatoms. The van der Waals surface area contributed by atoms with Gasteiger partial charge >= 0.3 is 5.97 Å². The molecular weight excluding hydrogens is 416 g/mol. The number of carbonyl (C=O) groups excluding carboxylic acids is 2. The number of anilines is 1. The highest BCUT2D eigenvalue weighted by Crippen LogP contribution is 2.25. The molecule has 152 valence electrons. The molecule has 2 aromatic heterocycles. The van der Waals surface area contributed by atoms with Crippen molar-refractivity contribution in [1.82, 2.24) is 14.8 Å². The predicted molar refractivity (Wildman–Crippen MR) is 109 cm³/mol. The normalized spacial score (nSPS) is 10.6. The summed E-state index contributed by atoms with van der Waals surface area (Å²) in [6, 6.07) is 7.06. The van der Waals surface area contributed by atoms with Gasteiger partial charge in [0.05, 0.1) is 23.7 Å². The van der Waals surface area contributed by atoms with Gasteiger partial charge in [-0.1, -0.05) is 17.7 Å². The van der Waals surface area contributed by atoms with Gasteiger partial charge in [-0.05, 0) is 37.6 Å². The van der Waals surface area contributed by atoms with E-state index in [1.807, 2.05) is 19.1 Å². The molecule has 1 amide bonds. The van der Waals surface area contributed by atoms with Crippen LogP contribution < -0.4 is 10.1 Å². The van der Waals surface area contributed by atoms with Crippen LogP contribution in [0.1, 0.15) is 28.7 Å². The summed E-state index contributed by atoms with van der Waals surface area (Å²) in [6.07, 6.45) is 1.69. The van der Waals surface area contributed by atoms with Gasteiger partial charge in [-0.2, -0.15) is 5.10 Å². The van der Waals surface area contributed by atoms with E-state index in [0.29, 0.717) is 28.2 Å². The largest absolute Gasteiger partial charge is 0.470 e. The summed E-state index contributed by atoms with van der Waals surface area (Å²) < 4.78 is 12.0. The molecule has 0 spiro atoms. The van der Waals surface area contributed by atoms with E-state index >= 15 is 0 Å². The first kappa shape index (κ1) is 20.8. The van der Waals surface area contributed by atoms with Crippen LogP contribution in [0, 0.1) is 6.92 Å². The average molecular weight is 435 g/mol. The molecule has 0 bridgehead atoms. The molecule has 1 N–H and O–H groups in total. The summed E-state index contributed by atoms with van der Waals surface area (Å²) in [6.45, 7) is 4.10. The minimum Gasteiger partial charge on any atom is -0.470 e. The van der Waals surface area contributed by atoms with Crippen LogP contribution >= 0.6 is 22.9 Å². The maximum Gasteiger partial charge on any atom is 0.311 e. The minimum absolute atomic E-state index is 0.0632. The van der Waals surface area contributed by atoms with Crippen molar-refractivity contribution < 1.29 is 19.1 Å². The maximum atomic E-state index is 12.4. The number of halogens is 1. The first-order valence-electron chi connectivity index (χ1n) is 8.78. The smallest absolute Gasteiger partial charge is 0.311 e. The second-order valence-corrected chi connectivity index (χ2v) is 7.29. The first-order chi connectivity index (χ1) is 13.9. The quantitative estimate of drug-likeness (QED) is 0.543. The second-order valence-electron chi connectivity index (χ2n) is 6.03. The van der Waals surface area contributed by atoms with Gasteiger partial charge in [0.1, 0.15) is 5.75 Å². The summed E-state index contributed by atoms with van der Waals surface area (Å²) in [5, 5.41) is 9.44.